The van der Waals surface area contributed by atoms with Gasteiger partial charge in [0.15, 0.2) is 11.5 Å². The van der Waals surface area contributed by atoms with Crippen LogP contribution in [0.3, 0.4) is 0 Å². The fraction of sp³-hybridized carbons (Fsp3) is 0.565. The van der Waals surface area contributed by atoms with Crippen molar-refractivity contribution in [2.45, 2.75) is 44.7 Å². The van der Waals surface area contributed by atoms with E-state index < -0.39 is 0 Å². The first kappa shape index (κ1) is 29.1. The number of aromatic nitrogens is 2. The molecule has 1 aromatic heterocycles. The van der Waals surface area contributed by atoms with Crippen LogP contribution in [0.15, 0.2) is 23.1 Å². The molecule has 2 rings (SSSR count). The van der Waals surface area contributed by atoms with Crippen molar-refractivity contribution in [2.75, 3.05) is 57.9 Å². The molecule has 10 heteroatoms. The fourth-order valence-electron chi connectivity index (χ4n) is 3.58. The van der Waals surface area contributed by atoms with E-state index in [1.807, 2.05) is 36.4 Å². The van der Waals surface area contributed by atoms with Crippen LogP contribution in [0.25, 0.3) is 0 Å². The number of nitrogens with zero attached hydrogens (tertiary/aromatic N) is 4. The first-order valence-electron chi connectivity index (χ1n) is 10.7. The zero-order chi connectivity index (χ0) is 23.8. The molecule has 0 bridgehead atoms. The summed E-state index contributed by atoms with van der Waals surface area (Å²) in [5.41, 5.74) is 0.873. The number of anilines is 3. The molecule has 1 aromatic carbocycles. The number of hydrogen-bond donors (Lipinski definition) is 1. The van der Waals surface area contributed by atoms with Gasteiger partial charge in [-0.1, -0.05) is 0 Å². The van der Waals surface area contributed by atoms with Gasteiger partial charge in [0.25, 0.3) is 0 Å². The molecule has 1 heterocycles. The summed E-state index contributed by atoms with van der Waals surface area (Å²) in [4.78, 5) is 14.7. The molecule has 33 heavy (non-hydrogen) atoms. The van der Waals surface area contributed by atoms with E-state index in [1.165, 1.54) is 0 Å². The molecule has 0 spiro atoms. The molecule has 0 fully saturated rings. The van der Waals surface area contributed by atoms with Gasteiger partial charge in [-0.3, -0.25) is 4.90 Å². The van der Waals surface area contributed by atoms with Crippen molar-refractivity contribution in [3.8, 4) is 17.4 Å². The number of benzene rings is 1. The summed E-state index contributed by atoms with van der Waals surface area (Å²) < 4.78 is 16.4. The van der Waals surface area contributed by atoms with Crippen LogP contribution in [0, 0.1) is 0 Å². The van der Waals surface area contributed by atoms with Crippen LogP contribution in [-0.2, 0) is 0 Å². The lowest BCUT2D eigenvalue weighted by molar-refractivity contribution is 0.182. The van der Waals surface area contributed by atoms with Gasteiger partial charge in [0.05, 0.1) is 21.3 Å². The van der Waals surface area contributed by atoms with Gasteiger partial charge in [-0.15, -0.1) is 28.7 Å². The van der Waals surface area contributed by atoms with Crippen LogP contribution >= 0.6 is 28.7 Å². The van der Waals surface area contributed by atoms with Crippen molar-refractivity contribution in [3.63, 3.8) is 0 Å². The van der Waals surface area contributed by atoms with E-state index in [2.05, 4.69) is 42.9 Å². The number of hydrogen-bond acceptors (Lipinski definition) is 9. The molecule has 0 aliphatic heterocycles. The van der Waals surface area contributed by atoms with Gasteiger partial charge in [-0.05, 0) is 46.1 Å². The molecule has 2 aromatic rings. The van der Waals surface area contributed by atoms with Gasteiger partial charge in [0.1, 0.15) is 10.7 Å². The Morgan fingerprint density at radius 1 is 0.970 bits per heavy atom. The molecule has 0 aliphatic carbocycles. The number of rotatable bonds is 12. The van der Waals surface area contributed by atoms with Gasteiger partial charge < -0.3 is 24.4 Å². The third-order valence-corrected chi connectivity index (χ3v) is 6.04. The van der Waals surface area contributed by atoms with E-state index in [1.54, 1.807) is 33.1 Å². The third-order valence-electron chi connectivity index (χ3n) is 5.26. The Bertz CT molecular complexity index is 877. The van der Waals surface area contributed by atoms with Crippen molar-refractivity contribution in [3.05, 3.63) is 18.2 Å². The summed E-state index contributed by atoms with van der Waals surface area (Å²) in [6.07, 6.45) is 2.00. The van der Waals surface area contributed by atoms with Gasteiger partial charge in [-0.2, -0.15) is 9.97 Å². The lowest BCUT2D eigenvalue weighted by atomic mass is 10.2. The minimum atomic E-state index is 0. The second-order valence-electron chi connectivity index (χ2n) is 7.87. The Kier molecular flexibility index (Phi) is 12.1. The number of nitrogens with one attached hydrogen (secondary N) is 1. The maximum absolute atomic E-state index is 5.60. The normalized spacial score (nSPS) is 10.9. The molecule has 0 unspecified atom stereocenters. The fourth-order valence-corrected chi connectivity index (χ4v) is 4.19. The van der Waals surface area contributed by atoms with Crippen LogP contribution in [0.1, 0.15) is 27.7 Å². The van der Waals surface area contributed by atoms with Crippen LogP contribution in [0.4, 0.5) is 17.5 Å². The Hall–Kier alpha value is -1.91. The molecule has 0 atom stereocenters. The van der Waals surface area contributed by atoms with Crippen LogP contribution < -0.4 is 24.4 Å². The van der Waals surface area contributed by atoms with Gasteiger partial charge in [0.2, 0.25) is 11.8 Å². The molecular formula is C23H38BrN5O3S. The molecule has 186 valence electrons. The third kappa shape index (κ3) is 7.28. The van der Waals surface area contributed by atoms with Crippen molar-refractivity contribution in [1.82, 2.24) is 14.9 Å². The average Bonchev–Trinajstić information content (AvgIpc) is 2.79. The average molecular weight is 545 g/mol. The summed E-state index contributed by atoms with van der Waals surface area (Å²) in [7, 11) is 6.78. The van der Waals surface area contributed by atoms with E-state index in [-0.39, 0.29) is 17.0 Å². The highest BCUT2D eigenvalue weighted by Gasteiger charge is 2.19. The van der Waals surface area contributed by atoms with E-state index in [9.17, 15) is 0 Å². The topological polar surface area (TPSA) is 72.0 Å². The quantitative estimate of drug-likeness (QED) is 0.368. The Morgan fingerprint density at radius 3 is 2.12 bits per heavy atom. The van der Waals surface area contributed by atoms with Crippen LogP contribution in [0.5, 0.6) is 17.4 Å². The molecule has 0 amide bonds. The molecular weight excluding hydrogens is 506 g/mol. The summed E-state index contributed by atoms with van der Waals surface area (Å²) in [6.45, 7) is 10.6. The van der Waals surface area contributed by atoms with Crippen molar-refractivity contribution in [1.29, 1.82) is 0 Å². The zero-order valence-electron chi connectivity index (χ0n) is 21.1. The summed E-state index contributed by atoms with van der Waals surface area (Å²) in [6, 6.07) is 6.65. The highest BCUT2D eigenvalue weighted by Crippen LogP contribution is 2.37. The molecule has 1 N–H and O–H groups in total. The number of thioether (sulfide) groups is 1. The molecule has 8 nitrogen and oxygen atoms in total. The van der Waals surface area contributed by atoms with E-state index >= 15 is 0 Å². The molecule has 0 radical (unpaired) electrons. The van der Waals surface area contributed by atoms with Crippen LogP contribution in [-0.4, -0.2) is 74.7 Å². The highest BCUT2D eigenvalue weighted by atomic mass is 79.9. The molecule has 0 saturated heterocycles. The molecule has 0 saturated carbocycles. The minimum absolute atomic E-state index is 0. The number of methoxy groups -OCH3 is 3. The zero-order valence-corrected chi connectivity index (χ0v) is 23.7. The highest BCUT2D eigenvalue weighted by molar-refractivity contribution is 8.93. The lowest BCUT2D eigenvalue weighted by Crippen LogP contribution is -2.40. The van der Waals surface area contributed by atoms with E-state index in [0.717, 1.165) is 29.5 Å². The first-order chi connectivity index (χ1) is 15.3. The van der Waals surface area contributed by atoms with Gasteiger partial charge in [-0.25, -0.2) is 0 Å². The standard InChI is InChI=1S/C23H37N5O3S.BrH/c1-15(2)28(16(3)4)13-12-24-21-20(32-9)22(31-8)26-23(25-21)27(5)17-10-11-18(29-6)19(14-17)30-7;/h10-11,14-16H,12-13H2,1-9H3,(H,24,25,26);1H. The minimum Gasteiger partial charge on any atom is -0.493 e. The Balaban J connectivity index is 0.00000544. The second-order valence-corrected chi connectivity index (χ2v) is 8.68. The number of ether oxygens (including phenoxy) is 3. The summed E-state index contributed by atoms with van der Waals surface area (Å²) >= 11 is 1.56. The summed E-state index contributed by atoms with van der Waals surface area (Å²) in [5.74, 6) is 3.15. The van der Waals surface area contributed by atoms with Gasteiger partial charge >= 0.3 is 0 Å². The Labute approximate surface area is 213 Å². The Morgan fingerprint density at radius 2 is 1.61 bits per heavy atom. The predicted octanol–water partition coefficient (Wildman–Crippen LogP) is 5.10. The lowest BCUT2D eigenvalue weighted by Gasteiger charge is -2.30. The number of halogens is 1. The van der Waals surface area contributed by atoms with Crippen molar-refractivity contribution in [2.24, 2.45) is 0 Å². The summed E-state index contributed by atoms with van der Waals surface area (Å²) in [5, 5.41) is 3.50. The van der Waals surface area contributed by atoms with E-state index in [0.29, 0.717) is 35.4 Å². The van der Waals surface area contributed by atoms with Gasteiger partial charge in [0, 0.05) is 44.0 Å². The second kappa shape index (κ2) is 13.7. The molecule has 0 aliphatic rings. The van der Waals surface area contributed by atoms with Crippen molar-refractivity contribution < 1.29 is 14.2 Å². The van der Waals surface area contributed by atoms with E-state index in [4.69, 9.17) is 19.2 Å². The van der Waals surface area contributed by atoms with Crippen molar-refractivity contribution >= 4 is 46.2 Å². The maximum Gasteiger partial charge on any atom is 0.234 e. The van der Waals surface area contributed by atoms with Crippen LogP contribution in [0.2, 0.25) is 0 Å². The smallest absolute Gasteiger partial charge is 0.234 e. The maximum atomic E-state index is 5.60. The predicted molar refractivity (Wildman–Crippen MR) is 144 cm³/mol. The monoisotopic (exact) mass is 543 g/mol. The first-order valence-corrected chi connectivity index (χ1v) is 11.9. The largest absolute Gasteiger partial charge is 0.493 e. The SMILES string of the molecule is Br.COc1ccc(N(C)c2nc(NCCN(C(C)C)C(C)C)c(SC)c(OC)n2)cc1OC.